The Bertz CT molecular complexity index is 248. The van der Waals surface area contributed by atoms with Crippen LogP contribution in [-0.4, -0.2) is 31.7 Å². The first kappa shape index (κ1) is 15.4. The maximum absolute atomic E-state index is 12.0. The van der Waals surface area contributed by atoms with Gasteiger partial charge in [-0.25, -0.2) is 0 Å². The van der Waals surface area contributed by atoms with Crippen LogP contribution in [0.15, 0.2) is 0 Å². The molecule has 0 aromatic rings. The standard InChI is InChI=1S/C14H28N2O2/c1-10(2)13(9-18-3)16-14(17)8-11-4-6-12(15)7-5-11/h10-13H,4-9,15H2,1-3H3,(H,16,17). The second kappa shape index (κ2) is 7.74. The summed E-state index contributed by atoms with van der Waals surface area (Å²) in [4.78, 5) is 12.0. The lowest BCUT2D eigenvalue weighted by atomic mass is 9.84. The molecule has 1 aliphatic rings. The molecule has 0 bridgehead atoms. The van der Waals surface area contributed by atoms with Gasteiger partial charge in [0.15, 0.2) is 0 Å². The van der Waals surface area contributed by atoms with Crippen LogP contribution in [0, 0.1) is 11.8 Å². The van der Waals surface area contributed by atoms with E-state index in [1.54, 1.807) is 7.11 Å². The molecule has 0 aromatic heterocycles. The highest BCUT2D eigenvalue weighted by Crippen LogP contribution is 2.25. The van der Waals surface area contributed by atoms with Gasteiger partial charge in [-0.1, -0.05) is 13.8 Å². The minimum Gasteiger partial charge on any atom is -0.383 e. The molecule has 0 aromatic carbocycles. The third-order valence-electron chi connectivity index (χ3n) is 3.86. The average Bonchev–Trinajstić information content (AvgIpc) is 2.31. The summed E-state index contributed by atoms with van der Waals surface area (Å²) in [5.41, 5.74) is 5.87. The second-order valence-electron chi connectivity index (χ2n) is 5.86. The van der Waals surface area contributed by atoms with Gasteiger partial charge in [0.25, 0.3) is 0 Å². The molecule has 106 valence electrons. The summed E-state index contributed by atoms with van der Waals surface area (Å²) in [7, 11) is 1.67. The molecule has 0 spiro atoms. The van der Waals surface area contributed by atoms with E-state index in [2.05, 4.69) is 19.2 Å². The number of hydrogen-bond donors (Lipinski definition) is 2. The van der Waals surface area contributed by atoms with Gasteiger partial charge in [-0.15, -0.1) is 0 Å². The van der Waals surface area contributed by atoms with E-state index in [-0.39, 0.29) is 11.9 Å². The second-order valence-corrected chi connectivity index (χ2v) is 5.86. The Labute approximate surface area is 111 Å². The average molecular weight is 256 g/mol. The monoisotopic (exact) mass is 256 g/mol. The molecule has 18 heavy (non-hydrogen) atoms. The Kier molecular flexibility index (Phi) is 6.65. The Morgan fingerprint density at radius 2 is 1.94 bits per heavy atom. The Balaban J connectivity index is 2.31. The number of nitrogens with one attached hydrogen (secondary N) is 1. The molecule has 1 fully saturated rings. The molecule has 0 radical (unpaired) electrons. The van der Waals surface area contributed by atoms with Gasteiger partial charge >= 0.3 is 0 Å². The molecule has 3 N–H and O–H groups in total. The van der Waals surface area contributed by atoms with Crippen LogP contribution in [0.1, 0.15) is 46.0 Å². The molecule has 4 heteroatoms. The van der Waals surface area contributed by atoms with Crippen molar-refractivity contribution in [2.75, 3.05) is 13.7 Å². The molecule has 1 aliphatic carbocycles. The summed E-state index contributed by atoms with van der Waals surface area (Å²) < 4.78 is 5.14. The van der Waals surface area contributed by atoms with Crippen molar-refractivity contribution >= 4 is 5.91 Å². The zero-order valence-corrected chi connectivity index (χ0v) is 11.9. The van der Waals surface area contributed by atoms with Crippen LogP contribution in [0.3, 0.4) is 0 Å². The number of rotatable bonds is 6. The maximum atomic E-state index is 12.0. The van der Waals surface area contributed by atoms with Crippen molar-refractivity contribution in [1.82, 2.24) is 5.32 Å². The van der Waals surface area contributed by atoms with E-state index >= 15 is 0 Å². The molecule has 1 saturated carbocycles. The molecule has 1 atom stereocenters. The third kappa shape index (κ3) is 5.36. The molecular weight excluding hydrogens is 228 g/mol. The normalized spacial score (nSPS) is 26.1. The van der Waals surface area contributed by atoms with Gasteiger partial charge in [-0.05, 0) is 37.5 Å². The lowest BCUT2D eigenvalue weighted by molar-refractivity contribution is -0.123. The zero-order chi connectivity index (χ0) is 13.5. The highest BCUT2D eigenvalue weighted by molar-refractivity contribution is 5.76. The number of methoxy groups -OCH3 is 1. The summed E-state index contributed by atoms with van der Waals surface area (Å²) in [5.74, 6) is 1.07. The largest absolute Gasteiger partial charge is 0.383 e. The van der Waals surface area contributed by atoms with Crippen molar-refractivity contribution in [2.24, 2.45) is 17.6 Å². The number of amides is 1. The number of nitrogens with two attached hydrogens (primary N) is 1. The van der Waals surface area contributed by atoms with E-state index in [1.807, 2.05) is 0 Å². The minimum atomic E-state index is 0.119. The van der Waals surface area contributed by atoms with Crippen molar-refractivity contribution in [3.05, 3.63) is 0 Å². The van der Waals surface area contributed by atoms with Crippen LogP contribution in [0.25, 0.3) is 0 Å². The minimum absolute atomic E-state index is 0.119. The lowest BCUT2D eigenvalue weighted by Crippen LogP contribution is -2.42. The predicted octanol–water partition coefficient (Wildman–Crippen LogP) is 1.68. The Hall–Kier alpha value is -0.610. The van der Waals surface area contributed by atoms with Crippen molar-refractivity contribution in [2.45, 2.75) is 58.0 Å². The van der Waals surface area contributed by atoms with E-state index in [1.165, 1.54) is 0 Å². The molecule has 0 aliphatic heterocycles. The van der Waals surface area contributed by atoms with Crippen LogP contribution < -0.4 is 11.1 Å². The van der Waals surface area contributed by atoms with Crippen molar-refractivity contribution in [3.63, 3.8) is 0 Å². The van der Waals surface area contributed by atoms with E-state index < -0.39 is 0 Å². The first-order chi connectivity index (χ1) is 8.52. The highest BCUT2D eigenvalue weighted by atomic mass is 16.5. The van der Waals surface area contributed by atoms with Gasteiger partial charge in [0, 0.05) is 19.6 Å². The summed E-state index contributed by atoms with van der Waals surface area (Å²) in [6.07, 6.45) is 4.93. The molecule has 0 heterocycles. The van der Waals surface area contributed by atoms with Crippen LogP contribution in [0.5, 0.6) is 0 Å². The van der Waals surface area contributed by atoms with Gasteiger partial charge in [0.2, 0.25) is 5.91 Å². The van der Waals surface area contributed by atoms with Gasteiger partial charge < -0.3 is 15.8 Å². The quantitative estimate of drug-likeness (QED) is 0.760. The molecule has 4 nitrogen and oxygen atoms in total. The molecule has 1 unspecified atom stereocenters. The lowest BCUT2D eigenvalue weighted by Gasteiger charge is -2.27. The smallest absolute Gasteiger partial charge is 0.220 e. The highest BCUT2D eigenvalue weighted by Gasteiger charge is 2.22. The van der Waals surface area contributed by atoms with Gasteiger partial charge in [-0.3, -0.25) is 4.79 Å². The summed E-state index contributed by atoms with van der Waals surface area (Å²) >= 11 is 0. The third-order valence-corrected chi connectivity index (χ3v) is 3.86. The number of carbonyl (C=O) groups is 1. The Morgan fingerprint density at radius 1 is 1.33 bits per heavy atom. The Morgan fingerprint density at radius 3 is 2.44 bits per heavy atom. The fourth-order valence-corrected chi connectivity index (χ4v) is 2.50. The summed E-state index contributed by atoms with van der Waals surface area (Å²) in [5, 5.41) is 3.08. The number of carbonyl (C=O) groups excluding carboxylic acids is 1. The molecule has 0 saturated heterocycles. The van der Waals surface area contributed by atoms with Gasteiger partial charge in [0.05, 0.1) is 12.6 Å². The van der Waals surface area contributed by atoms with Crippen molar-refractivity contribution < 1.29 is 9.53 Å². The predicted molar refractivity (Wildman–Crippen MR) is 73.2 cm³/mol. The van der Waals surface area contributed by atoms with E-state index in [0.717, 1.165) is 25.7 Å². The van der Waals surface area contributed by atoms with E-state index in [9.17, 15) is 4.79 Å². The first-order valence-corrected chi connectivity index (χ1v) is 7.06. The summed E-state index contributed by atoms with van der Waals surface area (Å²) in [6.45, 7) is 4.78. The molecular formula is C14H28N2O2. The van der Waals surface area contributed by atoms with E-state index in [0.29, 0.717) is 30.9 Å². The maximum Gasteiger partial charge on any atom is 0.220 e. The van der Waals surface area contributed by atoms with Crippen LogP contribution in [0.4, 0.5) is 0 Å². The van der Waals surface area contributed by atoms with Crippen molar-refractivity contribution in [3.8, 4) is 0 Å². The van der Waals surface area contributed by atoms with Gasteiger partial charge in [-0.2, -0.15) is 0 Å². The fourth-order valence-electron chi connectivity index (χ4n) is 2.50. The summed E-state index contributed by atoms with van der Waals surface area (Å²) in [6, 6.07) is 0.467. The topological polar surface area (TPSA) is 64.3 Å². The van der Waals surface area contributed by atoms with Crippen molar-refractivity contribution in [1.29, 1.82) is 0 Å². The SMILES string of the molecule is COCC(NC(=O)CC1CCC(N)CC1)C(C)C. The van der Waals surface area contributed by atoms with Crippen LogP contribution >= 0.6 is 0 Å². The van der Waals surface area contributed by atoms with Crippen LogP contribution in [-0.2, 0) is 9.53 Å². The number of hydrogen-bond acceptors (Lipinski definition) is 3. The fraction of sp³-hybridized carbons (Fsp3) is 0.929. The zero-order valence-electron chi connectivity index (χ0n) is 11.9. The van der Waals surface area contributed by atoms with E-state index in [4.69, 9.17) is 10.5 Å². The van der Waals surface area contributed by atoms with Crippen LogP contribution in [0.2, 0.25) is 0 Å². The number of ether oxygens (including phenoxy) is 1. The first-order valence-electron chi connectivity index (χ1n) is 7.06. The molecule has 1 amide bonds. The van der Waals surface area contributed by atoms with Gasteiger partial charge in [0.1, 0.15) is 0 Å². The molecule has 1 rings (SSSR count).